The summed E-state index contributed by atoms with van der Waals surface area (Å²) in [4.78, 5) is 58.6. The normalized spacial score (nSPS) is 21.8. The number of nitrogens with one attached hydrogen (secondary N) is 1. The molecule has 2 fully saturated rings. The number of halogens is 3. The van der Waals surface area contributed by atoms with Gasteiger partial charge in [-0.25, -0.2) is 23.5 Å². The number of phenols is 1. The maximum Gasteiger partial charge on any atom is 0.352 e. The van der Waals surface area contributed by atoms with Crippen LogP contribution in [0, 0.1) is 5.92 Å². The van der Waals surface area contributed by atoms with Crippen LogP contribution in [0.5, 0.6) is 17.2 Å². The van der Waals surface area contributed by atoms with Crippen LogP contribution in [0.4, 0.5) is 5.69 Å². The van der Waals surface area contributed by atoms with Gasteiger partial charge < -0.3 is 14.6 Å². The molecule has 3 heterocycles. The Morgan fingerprint density at radius 2 is 1.64 bits per heavy atom. The lowest BCUT2D eigenvalue weighted by Crippen LogP contribution is -2.53. The standard InChI is InChI=1S/C38H30BrCl2N5O7/c1-52-24-11-8-20(9-12-24)38-27(34(48)45(35(38)49)42-29-13-10-22(40)18-28(29)41)19-30-25(32(38)26-16-21(39)17-31(53-2)33(26)47)14-15-43-36(50)44(37(51)46(30)43)23-6-4-3-5-7-23/h3-14,16-18,27,30,32,42,47H,15,19H2,1-2H3. The summed E-state index contributed by atoms with van der Waals surface area (Å²) in [5, 5.41) is 13.4. The van der Waals surface area contributed by atoms with Gasteiger partial charge in [0.15, 0.2) is 11.5 Å². The third-order valence-corrected chi connectivity index (χ3v) is 11.5. The van der Waals surface area contributed by atoms with Crippen LogP contribution in [-0.4, -0.2) is 50.1 Å². The van der Waals surface area contributed by atoms with Crippen LogP contribution >= 0.6 is 39.1 Å². The van der Waals surface area contributed by atoms with E-state index in [0.29, 0.717) is 32.1 Å². The van der Waals surface area contributed by atoms with Crippen molar-refractivity contribution >= 4 is 56.6 Å². The smallest absolute Gasteiger partial charge is 0.352 e. The number of amides is 2. The number of anilines is 1. The number of nitrogens with zero attached hydrogens (tertiary/aromatic N) is 4. The summed E-state index contributed by atoms with van der Waals surface area (Å²) in [7, 11) is 2.93. The van der Waals surface area contributed by atoms with E-state index in [1.54, 1.807) is 78.9 Å². The first-order chi connectivity index (χ1) is 25.5. The van der Waals surface area contributed by atoms with Crippen molar-refractivity contribution in [3.05, 3.63) is 143 Å². The van der Waals surface area contributed by atoms with Gasteiger partial charge in [-0.05, 0) is 72.2 Å². The number of aromatic nitrogens is 3. The number of rotatable bonds is 7. The Hall–Kier alpha value is -5.24. The summed E-state index contributed by atoms with van der Waals surface area (Å²) in [6, 6.07) is 22.4. The number of hydrogen-bond donors (Lipinski definition) is 2. The Bertz CT molecular complexity index is 2480. The molecule has 1 saturated heterocycles. The second-order valence-corrected chi connectivity index (χ2v) is 14.7. The van der Waals surface area contributed by atoms with Gasteiger partial charge in [0, 0.05) is 21.0 Å². The highest BCUT2D eigenvalue weighted by atomic mass is 79.9. The predicted molar refractivity (Wildman–Crippen MR) is 201 cm³/mol. The average Bonchev–Trinajstić information content (AvgIpc) is 3.54. The highest BCUT2D eigenvalue weighted by Crippen LogP contribution is 2.63. The molecule has 0 spiro atoms. The van der Waals surface area contributed by atoms with Crippen molar-refractivity contribution in [2.75, 3.05) is 19.6 Å². The number of ether oxygens (including phenoxy) is 2. The summed E-state index contributed by atoms with van der Waals surface area (Å²) < 4.78 is 15.4. The summed E-state index contributed by atoms with van der Waals surface area (Å²) in [5.74, 6) is -3.02. The molecule has 8 rings (SSSR count). The molecule has 15 heteroatoms. The molecule has 1 aromatic heterocycles. The van der Waals surface area contributed by atoms with Crippen molar-refractivity contribution in [1.82, 2.24) is 18.9 Å². The number of aromatic hydroxyl groups is 1. The van der Waals surface area contributed by atoms with Crippen LogP contribution in [-0.2, 0) is 21.5 Å². The Labute approximate surface area is 320 Å². The van der Waals surface area contributed by atoms with Gasteiger partial charge in [0.05, 0.1) is 54.5 Å². The minimum absolute atomic E-state index is 0.0179. The highest BCUT2D eigenvalue weighted by molar-refractivity contribution is 9.10. The monoisotopic (exact) mass is 817 g/mol. The number of imide groups is 1. The summed E-state index contributed by atoms with van der Waals surface area (Å²) in [6.45, 7) is -0.0179. The van der Waals surface area contributed by atoms with Crippen molar-refractivity contribution in [2.45, 2.75) is 30.3 Å². The SMILES string of the molecule is COc1ccc(C23C(=O)N(Nc4ccc(Cl)cc4Cl)C(=O)C2CC2C(=CCn4c(=O)n(-c5ccccc5)c(=O)n42)C3c2cc(Br)cc(OC)c2O)cc1. The van der Waals surface area contributed by atoms with Gasteiger partial charge in [-0.15, -0.1) is 0 Å². The van der Waals surface area contributed by atoms with E-state index in [2.05, 4.69) is 21.4 Å². The van der Waals surface area contributed by atoms with Crippen molar-refractivity contribution < 1.29 is 24.2 Å². The first-order valence-electron chi connectivity index (χ1n) is 16.5. The van der Waals surface area contributed by atoms with Gasteiger partial charge in [0.25, 0.3) is 11.8 Å². The van der Waals surface area contributed by atoms with E-state index in [1.165, 1.54) is 29.6 Å². The third kappa shape index (κ3) is 5.16. The summed E-state index contributed by atoms with van der Waals surface area (Å²) in [6.07, 6.45) is 1.76. The fraction of sp³-hybridized carbons (Fsp3) is 0.211. The molecule has 0 bridgehead atoms. The van der Waals surface area contributed by atoms with E-state index >= 15 is 4.79 Å². The molecule has 2 aliphatic heterocycles. The van der Waals surface area contributed by atoms with Gasteiger partial charge >= 0.3 is 11.4 Å². The zero-order chi connectivity index (χ0) is 37.3. The van der Waals surface area contributed by atoms with Crippen molar-refractivity contribution in [3.63, 3.8) is 0 Å². The summed E-state index contributed by atoms with van der Waals surface area (Å²) >= 11 is 16.2. The average molecular weight is 819 g/mol. The fourth-order valence-electron chi connectivity index (χ4n) is 8.22. The molecule has 1 saturated carbocycles. The molecule has 5 aromatic rings. The first kappa shape index (κ1) is 34.8. The topological polar surface area (TPSA) is 137 Å². The van der Waals surface area contributed by atoms with Crippen molar-refractivity contribution in [1.29, 1.82) is 0 Å². The van der Waals surface area contributed by atoms with Crippen LogP contribution in [0.1, 0.15) is 29.5 Å². The lowest BCUT2D eigenvalue weighted by atomic mass is 9.53. The molecule has 3 aliphatic rings. The van der Waals surface area contributed by atoms with E-state index in [4.69, 9.17) is 32.7 Å². The van der Waals surface area contributed by atoms with Gasteiger partial charge in [-0.1, -0.05) is 75.5 Å². The molecule has 2 N–H and O–H groups in total. The van der Waals surface area contributed by atoms with Gasteiger partial charge in [-0.3, -0.25) is 15.0 Å². The highest BCUT2D eigenvalue weighted by Gasteiger charge is 2.69. The number of fused-ring (bicyclic) bond motifs is 4. The van der Waals surface area contributed by atoms with Crippen LogP contribution in [0.15, 0.2) is 111 Å². The van der Waals surface area contributed by atoms with E-state index < -0.39 is 46.5 Å². The molecule has 4 unspecified atom stereocenters. The Morgan fingerprint density at radius 3 is 2.32 bits per heavy atom. The zero-order valence-corrected chi connectivity index (χ0v) is 31.2. The number of carbonyl (C=O) groups is 2. The quantitative estimate of drug-likeness (QED) is 0.146. The van der Waals surface area contributed by atoms with Gasteiger partial charge in [0.2, 0.25) is 0 Å². The largest absolute Gasteiger partial charge is 0.504 e. The predicted octanol–water partition coefficient (Wildman–Crippen LogP) is 6.21. The lowest BCUT2D eigenvalue weighted by molar-refractivity contribution is -0.138. The van der Waals surface area contributed by atoms with Crippen LogP contribution < -0.4 is 26.3 Å². The molecule has 12 nitrogen and oxygen atoms in total. The fourth-order valence-corrected chi connectivity index (χ4v) is 9.12. The molecule has 2 amide bonds. The van der Waals surface area contributed by atoms with Crippen LogP contribution in [0.2, 0.25) is 10.0 Å². The van der Waals surface area contributed by atoms with E-state index in [0.717, 1.165) is 9.58 Å². The maximum absolute atomic E-state index is 15.4. The van der Waals surface area contributed by atoms with Gasteiger partial charge in [0.1, 0.15) is 5.75 Å². The first-order valence-corrected chi connectivity index (χ1v) is 18.1. The third-order valence-electron chi connectivity index (χ3n) is 10.5. The molecular formula is C38H30BrCl2N5O7. The Balaban J connectivity index is 1.42. The van der Waals surface area contributed by atoms with E-state index in [-0.39, 0.29) is 40.7 Å². The van der Waals surface area contributed by atoms with E-state index in [1.807, 2.05) is 6.08 Å². The number of para-hydroxylation sites is 1. The number of hydrazine groups is 1. The molecular weight excluding hydrogens is 789 g/mol. The molecule has 270 valence electrons. The number of benzene rings is 4. The van der Waals surface area contributed by atoms with Crippen molar-refractivity contribution in [2.24, 2.45) is 5.92 Å². The molecule has 4 aromatic carbocycles. The van der Waals surface area contributed by atoms with E-state index in [9.17, 15) is 19.5 Å². The van der Waals surface area contributed by atoms with Gasteiger partial charge in [-0.2, -0.15) is 5.01 Å². The zero-order valence-electron chi connectivity index (χ0n) is 28.1. The minimum atomic E-state index is -1.70. The maximum atomic E-state index is 15.4. The van der Waals surface area contributed by atoms with Crippen molar-refractivity contribution in [3.8, 4) is 22.9 Å². The molecule has 4 atom stereocenters. The minimum Gasteiger partial charge on any atom is -0.504 e. The molecule has 1 aliphatic carbocycles. The second-order valence-electron chi connectivity index (χ2n) is 13.0. The Kier molecular flexibility index (Phi) is 8.55. The number of phenolic OH excluding ortho intramolecular Hbond substituents is 1. The van der Waals surface area contributed by atoms with Crippen LogP contribution in [0.3, 0.4) is 0 Å². The molecule has 0 radical (unpaired) electrons. The Morgan fingerprint density at radius 1 is 0.906 bits per heavy atom. The second kappa shape index (κ2) is 13.0. The number of carbonyl (C=O) groups excluding carboxylic acids is 2. The molecule has 53 heavy (non-hydrogen) atoms. The summed E-state index contributed by atoms with van der Waals surface area (Å²) in [5.41, 5.74) is 2.03. The number of allylic oxidation sites excluding steroid dienone is 2. The number of methoxy groups -OCH3 is 2. The van der Waals surface area contributed by atoms with Crippen LogP contribution in [0.25, 0.3) is 5.69 Å². The lowest BCUT2D eigenvalue weighted by Gasteiger charge is -2.49. The number of hydrogen-bond acceptors (Lipinski definition) is 8.